The van der Waals surface area contributed by atoms with Crippen LogP contribution in [0.25, 0.3) is 0 Å². The SMILES string of the molecule is COc1cc(F)cc(NC2CCN(c3ccc(C4CNNC4)c(Cl)c3)C2=O)c1. The summed E-state index contributed by atoms with van der Waals surface area (Å²) >= 11 is 6.49. The number of anilines is 2. The normalized spacial score (nSPS) is 20.0. The van der Waals surface area contributed by atoms with Crippen molar-refractivity contribution in [2.75, 3.05) is 37.0 Å². The van der Waals surface area contributed by atoms with Crippen molar-refractivity contribution in [1.82, 2.24) is 10.9 Å². The lowest BCUT2D eigenvalue weighted by molar-refractivity contribution is -0.117. The number of hydrazine groups is 1. The smallest absolute Gasteiger partial charge is 0.249 e. The van der Waals surface area contributed by atoms with E-state index < -0.39 is 11.9 Å². The number of rotatable bonds is 5. The fourth-order valence-corrected chi connectivity index (χ4v) is 4.06. The zero-order valence-corrected chi connectivity index (χ0v) is 16.2. The largest absolute Gasteiger partial charge is 0.497 e. The van der Waals surface area contributed by atoms with Crippen LogP contribution in [0.2, 0.25) is 5.02 Å². The Morgan fingerprint density at radius 1 is 1.21 bits per heavy atom. The number of hydrogen-bond donors (Lipinski definition) is 3. The minimum atomic E-state index is -0.423. The van der Waals surface area contributed by atoms with Crippen molar-refractivity contribution in [1.29, 1.82) is 0 Å². The lowest BCUT2D eigenvalue weighted by Crippen LogP contribution is -2.33. The maximum Gasteiger partial charge on any atom is 0.249 e. The Morgan fingerprint density at radius 2 is 2.00 bits per heavy atom. The molecular formula is C20H22ClFN4O2. The molecule has 1 amide bonds. The van der Waals surface area contributed by atoms with Gasteiger partial charge < -0.3 is 15.0 Å². The highest BCUT2D eigenvalue weighted by Gasteiger charge is 2.33. The standard InChI is InChI=1S/C20H22ClFN4O2/c1-28-16-7-13(22)6-14(8-16)25-19-4-5-26(20(19)27)15-2-3-17(18(21)9-15)12-10-23-24-11-12/h2-3,6-9,12,19,23-25H,4-5,10-11H2,1H3. The van der Waals surface area contributed by atoms with Gasteiger partial charge in [0, 0.05) is 54.1 Å². The average Bonchev–Trinajstić information content (AvgIpc) is 3.32. The first-order valence-electron chi connectivity index (χ1n) is 9.23. The van der Waals surface area contributed by atoms with Gasteiger partial charge in [-0.05, 0) is 30.2 Å². The zero-order chi connectivity index (χ0) is 19.7. The lowest BCUT2D eigenvalue weighted by atomic mass is 10.00. The van der Waals surface area contributed by atoms with Crippen LogP contribution in [0.1, 0.15) is 17.9 Å². The van der Waals surface area contributed by atoms with Crippen molar-refractivity contribution in [2.45, 2.75) is 18.4 Å². The molecule has 2 aromatic carbocycles. The molecule has 1 unspecified atom stereocenters. The Balaban J connectivity index is 1.48. The molecule has 8 heteroatoms. The molecule has 2 heterocycles. The van der Waals surface area contributed by atoms with Crippen LogP contribution in [0.15, 0.2) is 36.4 Å². The van der Waals surface area contributed by atoms with Gasteiger partial charge in [0.2, 0.25) is 5.91 Å². The van der Waals surface area contributed by atoms with Gasteiger partial charge in [-0.3, -0.25) is 15.6 Å². The predicted molar refractivity (Wildman–Crippen MR) is 108 cm³/mol. The van der Waals surface area contributed by atoms with Gasteiger partial charge in [-0.1, -0.05) is 17.7 Å². The summed E-state index contributed by atoms with van der Waals surface area (Å²) in [6.45, 7) is 2.22. The highest BCUT2D eigenvalue weighted by molar-refractivity contribution is 6.31. The van der Waals surface area contributed by atoms with E-state index in [4.69, 9.17) is 16.3 Å². The summed E-state index contributed by atoms with van der Waals surface area (Å²) in [5, 5.41) is 3.78. The van der Waals surface area contributed by atoms with Gasteiger partial charge in [0.05, 0.1) is 7.11 Å². The second kappa shape index (κ2) is 7.95. The molecule has 0 bridgehead atoms. The number of hydrogen-bond acceptors (Lipinski definition) is 5. The van der Waals surface area contributed by atoms with E-state index in [-0.39, 0.29) is 5.91 Å². The van der Waals surface area contributed by atoms with E-state index in [2.05, 4.69) is 16.2 Å². The Kier molecular flexibility index (Phi) is 5.39. The number of methoxy groups -OCH3 is 1. The van der Waals surface area contributed by atoms with E-state index in [1.165, 1.54) is 19.2 Å². The molecule has 2 aliphatic rings. The Bertz CT molecular complexity index is 889. The van der Waals surface area contributed by atoms with Crippen molar-refractivity contribution >= 4 is 28.9 Å². The molecule has 0 saturated carbocycles. The molecule has 2 fully saturated rings. The van der Waals surface area contributed by atoms with Crippen LogP contribution in [-0.2, 0) is 4.79 Å². The summed E-state index contributed by atoms with van der Waals surface area (Å²) in [6.07, 6.45) is 0.619. The first-order chi connectivity index (χ1) is 13.5. The molecule has 2 aromatic rings. The molecule has 28 heavy (non-hydrogen) atoms. The van der Waals surface area contributed by atoms with E-state index in [0.717, 1.165) is 24.3 Å². The van der Waals surface area contributed by atoms with E-state index >= 15 is 0 Å². The molecule has 2 saturated heterocycles. The molecule has 0 spiro atoms. The van der Waals surface area contributed by atoms with Gasteiger partial charge in [-0.25, -0.2) is 4.39 Å². The van der Waals surface area contributed by atoms with Crippen LogP contribution in [0.4, 0.5) is 15.8 Å². The van der Waals surface area contributed by atoms with Gasteiger partial charge in [0.15, 0.2) is 0 Å². The fourth-order valence-electron chi connectivity index (χ4n) is 3.73. The molecule has 6 nitrogen and oxygen atoms in total. The van der Waals surface area contributed by atoms with Crippen LogP contribution in [0, 0.1) is 5.82 Å². The van der Waals surface area contributed by atoms with Crippen LogP contribution in [0.3, 0.4) is 0 Å². The van der Waals surface area contributed by atoms with E-state index in [0.29, 0.717) is 35.3 Å². The molecular weight excluding hydrogens is 383 g/mol. The molecule has 0 radical (unpaired) electrons. The minimum absolute atomic E-state index is 0.0590. The second-order valence-corrected chi connectivity index (χ2v) is 7.43. The lowest BCUT2D eigenvalue weighted by Gasteiger charge is -2.20. The zero-order valence-electron chi connectivity index (χ0n) is 15.5. The minimum Gasteiger partial charge on any atom is -0.497 e. The third kappa shape index (κ3) is 3.78. The number of ether oxygens (including phenoxy) is 1. The van der Waals surface area contributed by atoms with Gasteiger partial charge in [-0.15, -0.1) is 0 Å². The van der Waals surface area contributed by atoms with Crippen molar-refractivity contribution in [3.8, 4) is 5.75 Å². The number of halogens is 2. The van der Waals surface area contributed by atoms with Gasteiger partial charge in [-0.2, -0.15) is 0 Å². The van der Waals surface area contributed by atoms with Crippen molar-refractivity contribution in [3.63, 3.8) is 0 Å². The van der Waals surface area contributed by atoms with Crippen LogP contribution >= 0.6 is 11.6 Å². The van der Waals surface area contributed by atoms with Gasteiger partial charge in [0.25, 0.3) is 0 Å². The molecule has 0 aromatic heterocycles. The summed E-state index contributed by atoms with van der Waals surface area (Å²) < 4.78 is 18.8. The summed E-state index contributed by atoms with van der Waals surface area (Å²) in [5.41, 5.74) is 8.56. The summed E-state index contributed by atoms with van der Waals surface area (Å²) in [4.78, 5) is 14.6. The number of carbonyl (C=O) groups excluding carboxylic acids is 1. The van der Waals surface area contributed by atoms with Gasteiger partial charge in [0.1, 0.15) is 17.6 Å². The number of nitrogens with zero attached hydrogens (tertiary/aromatic N) is 1. The second-order valence-electron chi connectivity index (χ2n) is 7.02. The number of nitrogens with one attached hydrogen (secondary N) is 3. The first-order valence-corrected chi connectivity index (χ1v) is 9.60. The van der Waals surface area contributed by atoms with Crippen LogP contribution in [0.5, 0.6) is 5.75 Å². The Morgan fingerprint density at radius 3 is 2.71 bits per heavy atom. The van der Waals surface area contributed by atoms with Crippen LogP contribution < -0.4 is 25.8 Å². The topological polar surface area (TPSA) is 65.6 Å². The number of amides is 1. The highest BCUT2D eigenvalue weighted by Crippen LogP contribution is 2.32. The van der Waals surface area contributed by atoms with E-state index in [1.807, 2.05) is 18.2 Å². The fraction of sp³-hybridized carbons (Fsp3) is 0.350. The number of benzene rings is 2. The molecule has 148 valence electrons. The Labute approximate surface area is 168 Å². The third-order valence-corrected chi connectivity index (χ3v) is 5.54. The van der Waals surface area contributed by atoms with E-state index in [9.17, 15) is 9.18 Å². The van der Waals surface area contributed by atoms with Gasteiger partial charge >= 0.3 is 0 Å². The first kappa shape index (κ1) is 19.0. The monoisotopic (exact) mass is 404 g/mol. The quantitative estimate of drug-likeness (QED) is 0.715. The highest BCUT2D eigenvalue weighted by atomic mass is 35.5. The molecule has 3 N–H and O–H groups in total. The summed E-state index contributed by atoms with van der Waals surface area (Å²) in [6, 6.07) is 9.68. The summed E-state index contributed by atoms with van der Waals surface area (Å²) in [5.74, 6) is 0.245. The molecule has 2 aliphatic heterocycles. The maximum atomic E-state index is 13.7. The predicted octanol–water partition coefficient (Wildman–Crippen LogP) is 2.90. The Hall–Kier alpha value is -2.35. The van der Waals surface area contributed by atoms with Crippen molar-refractivity contribution in [3.05, 3.63) is 52.8 Å². The molecule has 4 rings (SSSR count). The third-order valence-electron chi connectivity index (χ3n) is 5.21. The van der Waals surface area contributed by atoms with Crippen molar-refractivity contribution < 1.29 is 13.9 Å². The maximum absolute atomic E-state index is 13.7. The number of carbonyl (C=O) groups is 1. The van der Waals surface area contributed by atoms with Crippen LogP contribution in [-0.4, -0.2) is 38.7 Å². The molecule has 1 atom stereocenters. The average molecular weight is 405 g/mol. The summed E-state index contributed by atoms with van der Waals surface area (Å²) in [7, 11) is 1.48. The van der Waals surface area contributed by atoms with E-state index in [1.54, 1.807) is 11.0 Å². The molecule has 0 aliphatic carbocycles. The van der Waals surface area contributed by atoms with Crippen molar-refractivity contribution in [2.24, 2.45) is 0 Å².